The first-order valence-electron chi connectivity index (χ1n) is 14.7. The van der Waals surface area contributed by atoms with E-state index in [9.17, 15) is 0 Å². The summed E-state index contributed by atoms with van der Waals surface area (Å²) in [5, 5.41) is 1.46. The maximum Gasteiger partial charge on any atom is 0.0911 e. The number of thiophene rings is 1. The molecule has 2 aliphatic heterocycles. The van der Waals surface area contributed by atoms with Gasteiger partial charge in [0.25, 0.3) is 0 Å². The van der Waals surface area contributed by atoms with Crippen LogP contribution in [0.2, 0.25) is 0 Å². The number of nitrogens with zero attached hydrogens (tertiary/aromatic N) is 5. The maximum atomic E-state index is 4.32. The van der Waals surface area contributed by atoms with Gasteiger partial charge in [-0.3, -0.25) is 4.98 Å². The van der Waals surface area contributed by atoms with Crippen LogP contribution in [-0.4, -0.2) is 81.7 Å². The van der Waals surface area contributed by atoms with Crippen LogP contribution in [0.25, 0.3) is 0 Å². The smallest absolute Gasteiger partial charge is 0.0911 e. The van der Waals surface area contributed by atoms with Crippen molar-refractivity contribution >= 4 is 22.0 Å². The Balaban J connectivity index is 0.000000208. The van der Waals surface area contributed by atoms with Crippen LogP contribution in [0.1, 0.15) is 54.8 Å². The van der Waals surface area contributed by atoms with E-state index in [1.54, 1.807) is 0 Å². The fraction of sp³-hybridized carbons (Fsp3) is 0.559. The van der Waals surface area contributed by atoms with Crippen LogP contribution >= 0.6 is 11.3 Å². The summed E-state index contributed by atoms with van der Waals surface area (Å²) in [7, 11) is 6.41. The van der Waals surface area contributed by atoms with Gasteiger partial charge in [0.2, 0.25) is 0 Å². The van der Waals surface area contributed by atoms with Gasteiger partial charge in [0, 0.05) is 49.8 Å². The molecule has 2 saturated heterocycles. The minimum absolute atomic E-state index is 0. The van der Waals surface area contributed by atoms with Crippen molar-refractivity contribution in [3.8, 4) is 0 Å². The molecule has 0 atom stereocenters. The van der Waals surface area contributed by atoms with Gasteiger partial charge in [0.1, 0.15) is 0 Å². The van der Waals surface area contributed by atoms with E-state index in [1.807, 2.05) is 24.5 Å². The molecule has 0 amide bonds. The number of anilines is 2. The van der Waals surface area contributed by atoms with Crippen molar-refractivity contribution < 1.29 is 0 Å². The summed E-state index contributed by atoms with van der Waals surface area (Å²) in [5.74, 6) is 0. The van der Waals surface area contributed by atoms with E-state index in [0.717, 1.165) is 31.9 Å². The molecule has 1 aromatic carbocycles. The molecule has 0 saturated carbocycles. The highest BCUT2D eigenvalue weighted by Gasteiger charge is 2.14. The van der Waals surface area contributed by atoms with Crippen LogP contribution in [0.15, 0.2) is 54.7 Å². The molecule has 0 unspecified atom stereocenters. The molecule has 5 nitrogen and oxygen atoms in total. The molecule has 2 aliphatic rings. The molecule has 0 N–H and O–H groups in total. The number of aryl methyl sites for hydroxylation is 4. The molecule has 2 aromatic heterocycles. The van der Waals surface area contributed by atoms with Crippen molar-refractivity contribution in [2.24, 2.45) is 0 Å². The summed E-state index contributed by atoms with van der Waals surface area (Å²) in [6.45, 7) is 14.5. The number of aromatic nitrogens is 1. The van der Waals surface area contributed by atoms with E-state index in [4.69, 9.17) is 0 Å². The largest absolute Gasteiger partial charge is 0.368 e. The second kappa shape index (κ2) is 18.1. The van der Waals surface area contributed by atoms with Crippen molar-refractivity contribution in [3.63, 3.8) is 0 Å². The molecule has 0 spiro atoms. The number of likely N-dealkylation sites (N-methyl/N-ethyl adjacent to an activating group) is 1. The third-order valence-electron chi connectivity index (χ3n) is 7.35. The zero-order chi connectivity index (χ0) is 28.0. The Morgan fingerprint density at radius 1 is 0.775 bits per heavy atom. The molecule has 3 aromatic rings. The number of hydrogen-bond acceptors (Lipinski definition) is 6. The van der Waals surface area contributed by atoms with Gasteiger partial charge in [0.05, 0.1) is 16.9 Å². The summed E-state index contributed by atoms with van der Waals surface area (Å²) >= 11 is 1.92. The maximum absolute atomic E-state index is 4.32. The van der Waals surface area contributed by atoms with Gasteiger partial charge in [-0.15, -0.1) is 11.3 Å². The topological polar surface area (TPSA) is 25.9 Å². The Morgan fingerprint density at radius 2 is 1.45 bits per heavy atom. The Hall–Kier alpha value is -2.41. The van der Waals surface area contributed by atoms with Gasteiger partial charge in [0.15, 0.2) is 0 Å². The lowest BCUT2D eigenvalue weighted by Crippen LogP contribution is -2.44. The van der Waals surface area contributed by atoms with Crippen LogP contribution in [-0.2, 0) is 6.42 Å². The molecule has 4 heterocycles. The molecule has 0 radical (unpaired) electrons. The number of rotatable bonds is 6. The molecule has 0 aliphatic carbocycles. The normalized spacial score (nSPS) is 15.5. The molecular formula is C34H55N5S. The van der Waals surface area contributed by atoms with Crippen molar-refractivity contribution in [1.29, 1.82) is 0 Å². The highest BCUT2D eigenvalue weighted by molar-refractivity contribution is 7.16. The van der Waals surface area contributed by atoms with Gasteiger partial charge in [-0.25, -0.2) is 0 Å². The minimum Gasteiger partial charge on any atom is -0.368 e. The molecule has 2 fully saturated rings. The molecule has 0 bridgehead atoms. The van der Waals surface area contributed by atoms with Gasteiger partial charge in [-0.2, -0.15) is 0 Å². The van der Waals surface area contributed by atoms with Gasteiger partial charge in [-0.1, -0.05) is 37.3 Å². The zero-order valence-electron chi connectivity index (χ0n) is 25.3. The third kappa shape index (κ3) is 12.4. The van der Waals surface area contributed by atoms with E-state index in [1.165, 1.54) is 78.4 Å². The van der Waals surface area contributed by atoms with Crippen LogP contribution in [0.4, 0.5) is 10.7 Å². The Bertz CT molecular complexity index is 1050. The zero-order valence-corrected chi connectivity index (χ0v) is 26.1. The van der Waals surface area contributed by atoms with Crippen molar-refractivity contribution in [2.45, 2.75) is 60.3 Å². The molecular weight excluding hydrogens is 510 g/mol. The standard InChI is InChI=1S/C12H19N.C11H17N3.C10H15NS.CH4/c1-11-6-8-12(9-7-11)5-4-10-13(2)3;1-10-3-4-11(9-12-10)14-7-5-13(2)6-8-14;1-9-5-6-10(12-9)11-7-3-2-4-8-11;/h6-9H,4-5,10H2,1-3H3;3-4,9H,5-8H2,1-2H3;5-6H,2-4,7-8H2,1H3;1H4. The lowest BCUT2D eigenvalue weighted by molar-refractivity contribution is 0.313. The first-order chi connectivity index (χ1) is 18.8. The summed E-state index contributed by atoms with van der Waals surface area (Å²) in [6, 6.07) is 17.5. The summed E-state index contributed by atoms with van der Waals surface area (Å²) in [5.41, 5.74) is 5.13. The van der Waals surface area contributed by atoms with E-state index in [-0.39, 0.29) is 7.43 Å². The average Bonchev–Trinajstić information content (AvgIpc) is 3.38. The summed E-state index contributed by atoms with van der Waals surface area (Å²) in [6.07, 6.45) is 8.57. The van der Waals surface area contributed by atoms with Crippen molar-refractivity contribution in [3.05, 3.63) is 76.4 Å². The summed E-state index contributed by atoms with van der Waals surface area (Å²) < 4.78 is 0. The number of piperazine rings is 1. The van der Waals surface area contributed by atoms with Crippen molar-refractivity contribution in [2.75, 3.05) is 76.8 Å². The summed E-state index contributed by atoms with van der Waals surface area (Å²) in [4.78, 5) is 15.2. The predicted octanol–water partition coefficient (Wildman–Crippen LogP) is 7.31. The lowest BCUT2D eigenvalue weighted by atomic mass is 10.1. The van der Waals surface area contributed by atoms with Crippen molar-refractivity contribution in [1.82, 2.24) is 14.8 Å². The molecule has 40 heavy (non-hydrogen) atoms. The Kier molecular flexibility index (Phi) is 15.3. The van der Waals surface area contributed by atoms with E-state index >= 15 is 0 Å². The lowest BCUT2D eigenvalue weighted by Gasteiger charge is -2.33. The van der Waals surface area contributed by atoms with Gasteiger partial charge in [-0.05, 0) is 110 Å². The van der Waals surface area contributed by atoms with Crippen LogP contribution in [0, 0.1) is 20.8 Å². The van der Waals surface area contributed by atoms with E-state index < -0.39 is 0 Å². The van der Waals surface area contributed by atoms with Crippen LogP contribution in [0.5, 0.6) is 0 Å². The Morgan fingerprint density at radius 3 is 2.00 bits per heavy atom. The third-order valence-corrected chi connectivity index (χ3v) is 8.41. The predicted molar refractivity (Wildman–Crippen MR) is 179 cm³/mol. The molecule has 6 heteroatoms. The second-order valence-corrected chi connectivity index (χ2v) is 12.5. The number of benzene rings is 1. The molecule has 222 valence electrons. The first-order valence-corrected chi connectivity index (χ1v) is 15.5. The monoisotopic (exact) mass is 565 g/mol. The highest BCUT2D eigenvalue weighted by Crippen LogP contribution is 2.27. The highest BCUT2D eigenvalue weighted by atomic mass is 32.1. The van der Waals surface area contributed by atoms with Crippen LogP contribution in [0.3, 0.4) is 0 Å². The minimum atomic E-state index is 0. The first kappa shape index (κ1) is 33.8. The quantitative estimate of drug-likeness (QED) is 0.312. The van der Waals surface area contributed by atoms with Crippen LogP contribution < -0.4 is 9.80 Å². The number of hydrogen-bond donors (Lipinski definition) is 0. The molecule has 5 rings (SSSR count). The van der Waals surface area contributed by atoms with Gasteiger partial charge >= 0.3 is 0 Å². The fourth-order valence-electron chi connectivity index (χ4n) is 4.77. The number of pyridine rings is 1. The average molecular weight is 566 g/mol. The number of piperidine rings is 1. The van der Waals surface area contributed by atoms with E-state index in [2.05, 4.69) is 108 Å². The van der Waals surface area contributed by atoms with E-state index in [0.29, 0.717) is 0 Å². The fourth-order valence-corrected chi connectivity index (χ4v) is 5.69. The Labute approximate surface area is 249 Å². The van der Waals surface area contributed by atoms with Gasteiger partial charge < -0.3 is 19.6 Å². The SMILES string of the molecule is C.Cc1ccc(CCCN(C)C)cc1.Cc1ccc(N2CCCCC2)s1.Cc1ccc(N2CCN(C)CC2)cn1. The second-order valence-electron chi connectivity index (χ2n) is 11.3.